The van der Waals surface area contributed by atoms with Crippen molar-refractivity contribution in [1.82, 2.24) is 5.32 Å². The van der Waals surface area contributed by atoms with E-state index in [1.165, 1.54) is 18.4 Å². The molecule has 0 bridgehead atoms. The smallest absolute Gasteiger partial charge is 0.327 e. The van der Waals surface area contributed by atoms with E-state index in [0.29, 0.717) is 6.54 Å². The molecule has 1 atom stereocenters. The van der Waals surface area contributed by atoms with Gasteiger partial charge < -0.3 is 4.74 Å². The Morgan fingerprint density at radius 3 is 2.63 bits per heavy atom. The van der Waals surface area contributed by atoms with Crippen LogP contribution in [-0.4, -0.2) is 13.1 Å². The van der Waals surface area contributed by atoms with Crippen LogP contribution in [0.2, 0.25) is 4.34 Å². The van der Waals surface area contributed by atoms with E-state index in [9.17, 15) is 4.79 Å². The van der Waals surface area contributed by atoms with E-state index in [1.807, 2.05) is 42.5 Å². The van der Waals surface area contributed by atoms with Gasteiger partial charge >= 0.3 is 5.97 Å². The molecule has 2 aromatic rings. The summed E-state index contributed by atoms with van der Waals surface area (Å²) in [5.74, 6) is -0.297. The van der Waals surface area contributed by atoms with E-state index >= 15 is 0 Å². The molecule has 0 radical (unpaired) electrons. The van der Waals surface area contributed by atoms with Gasteiger partial charge in [-0.2, -0.15) is 0 Å². The normalized spacial score (nSPS) is 12.1. The van der Waals surface area contributed by atoms with E-state index in [-0.39, 0.29) is 5.97 Å². The predicted octanol–water partition coefficient (Wildman–Crippen LogP) is 3.41. The van der Waals surface area contributed by atoms with Crippen LogP contribution in [0.25, 0.3) is 0 Å². The van der Waals surface area contributed by atoms with Crippen LogP contribution < -0.4 is 5.32 Å². The third-order valence-corrected chi connectivity index (χ3v) is 3.91. The van der Waals surface area contributed by atoms with Gasteiger partial charge in [0.25, 0.3) is 0 Å². The molecular formula is C14H14ClNO2S. The van der Waals surface area contributed by atoms with Crippen molar-refractivity contribution < 1.29 is 9.53 Å². The molecule has 0 saturated heterocycles. The standard InChI is InChI=1S/C14H14ClNO2S/c1-18-14(17)13(10-5-3-2-4-6-10)16-9-11-7-8-12(15)19-11/h2-8,13,16H,9H2,1H3. The average Bonchev–Trinajstić information content (AvgIpc) is 2.85. The first-order valence-electron chi connectivity index (χ1n) is 5.81. The van der Waals surface area contributed by atoms with Crippen molar-refractivity contribution in [2.75, 3.05) is 7.11 Å². The van der Waals surface area contributed by atoms with Gasteiger partial charge in [-0.25, -0.2) is 4.79 Å². The van der Waals surface area contributed by atoms with Gasteiger partial charge in [-0.05, 0) is 17.7 Å². The fourth-order valence-electron chi connectivity index (χ4n) is 1.75. The van der Waals surface area contributed by atoms with E-state index in [0.717, 1.165) is 14.8 Å². The number of carbonyl (C=O) groups excluding carboxylic acids is 1. The summed E-state index contributed by atoms with van der Waals surface area (Å²) >= 11 is 7.38. The summed E-state index contributed by atoms with van der Waals surface area (Å²) in [6.07, 6.45) is 0. The van der Waals surface area contributed by atoms with Crippen molar-refractivity contribution in [1.29, 1.82) is 0 Å². The lowest BCUT2D eigenvalue weighted by Crippen LogP contribution is -2.29. The zero-order valence-electron chi connectivity index (χ0n) is 10.4. The molecule has 100 valence electrons. The maximum Gasteiger partial charge on any atom is 0.327 e. The highest BCUT2D eigenvalue weighted by molar-refractivity contribution is 7.16. The molecule has 0 amide bonds. The number of benzene rings is 1. The molecule has 1 N–H and O–H groups in total. The van der Waals surface area contributed by atoms with Crippen LogP contribution in [0.1, 0.15) is 16.5 Å². The summed E-state index contributed by atoms with van der Waals surface area (Å²) in [7, 11) is 1.39. The largest absolute Gasteiger partial charge is 0.468 e. The molecule has 1 aromatic carbocycles. The number of hydrogen-bond acceptors (Lipinski definition) is 4. The van der Waals surface area contributed by atoms with Crippen LogP contribution in [0.5, 0.6) is 0 Å². The van der Waals surface area contributed by atoms with Gasteiger partial charge in [0, 0.05) is 11.4 Å². The highest BCUT2D eigenvalue weighted by Crippen LogP contribution is 2.22. The quantitative estimate of drug-likeness (QED) is 0.859. The van der Waals surface area contributed by atoms with Crippen LogP contribution in [0, 0.1) is 0 Å². The second-order valence-corrected chi connectivity index (χ2v) is 5.75. The lowest BCUT2D eigenvalue weighted by molar-refractivity contribution is -0.143. The minimum atomic E-state index is -0.466. The molecule has 2 rings (SSSR count). The van der Waals surface area contributed by atoms with Crippen LogP contribution in [0.4, 0.5) is 0 Å². The Kier molecular flexibility index (Phi) is 4.96. The van der Waals surface area contributed by atoms with Crippen LogP contribution >= 0.6 is 22.9 Å². The van der Waals surface area contributed by atoms with Crippen molar-refractivity contribution in [2.24, 2.45) is 0 Å². The Morgan fingerprint density at radius 1 is 1.32 bits per heavy atom. The van der Waals surface area contributed by atoms with Crippen LogP contribution in [0.3, 0.4) is 0 Å². The molecule has 1 unspecified atom stereocenters. The number of nitrogens with one attached hydrogen (secondary N) is 1. The molecule has 0 saturated carbocycles. The third kappa shape index (κ3) is 3.80. The summed E-state index contributed by atoms with van der Waals surface area (Å²) in [4.78, 5) is 12.9. The molecular weight excluding hydrogens is 282 g/mol. The minimum absolute atomic E-state index is 0.297. The van der Waals surface area contributed by atoms with Crippen molar-refractivity contribution in [3.8, 4) is 0 Å². The van der Waals surface area contributed by atoms with Crippen molar-refractivity contribution in [2.45, 2.75) is 12.6 Å². The van der Waals surface area contributed by atoms with Gasteiger partial charge in [-0.1, -0.05) is 41.9 Å². The summed E-state index contributed by atoms with van der Waals surface area (Å²) in [5.41, 5.74) is 0.886. The lowest BCUT2D eigenvalue weighted by Gasteiger charge is -2.16. The fraction of sp³-hybridized carbons (Fsp3) is 0.214. The number of hydrogen-bond donors (Lipinski definition) is 1. The van der Waals surface area contributed by atoms with Gasteiger partial charge in [-0.3, -0.25) is 5.32 Å². The van der Waals surface area contributed by atoms with E-state index < -0.39 is 6.04 Å². The number of ether oxygens (including phenoxy) is 1. The molecule has 5 heteroatoms. The zero-order valence-corrected chi connectivity index (χ0v) is 12.0. The Morgan fingerprint density at radius 2 is 2.05 bits per heavy atom. The SMILES string of the molecule is COC(=O)C(NCc1ccc(Cl)s1)c1ccccc1. The monoisotopic (exact) mass is 295 g/mol. The van der Waals surface area contributed by atoms with Gasteiger partial charge in [0.2, 0.25) is 0 Å². The lowest BCUT2D eigenvalue weighted by atomic mass is 10.1. The second kappa shape index (κ2) is 6.70. The molecule has 0 spiro atoms. The summed E-state index contributed by atoms with van der Waals surface area (Å²) in [6, 6.07) is 12.8. The summed E-state index contributed by atoms with van der Waals surface area (Å²) in [6.45, 7) is 0.575. The van der Waals surface area contributed by atoms with Gasteiger partial charge in [0.15, 0.2) is 0 Å². The number of rotatable bonds is 5. The highest BCUT2D eigenvalue weighted by atomic mass is 35.5. The van der Waals surface area contributed by atoms with Crippen molar-refractivity contribution in [3.05, 3.63) is 57.2 Å². The van der Waals surface area contributed by atoms with Gasteiger partial charge in [0.05, 0.1) is 11.4 Å². The van der Waals surface area contributed by atoms with Gasteiger partial charge in [-0.15, -0.1) is 11.3 Å². The van der Waals surface area contributed by atoms with Gasteiger partial charge in [0.1, 0.15) is 6.04 Å². The topological polar surface area (TPSA) is 38.3 Å². The first kappa shape index (κ1) is 14.1. The number of thiophene rings is 1. The van der Waals surface area contributed by atoms with Crippen LogP contribution in [-0.2, 0) is 16.1 Å². The number of esters is 1. The second-order valence-electron chi connectivity index (χ2n) is 3.95. The predicted molar refractivity (Wildman–Crippen MR) is 77.4 cm³/mol. The van der Waals surface area contributed by atoms with E-state index in [4.69, 9.17) is 16.3 Å². The molecule has 0 aliphatic carbocycles. The van der Waals surface area contributed by atoms with E-state index in [1.54, 1.807) is 0 Å². The first-order chi connectivity index (χ1) is 9.20. The molecule has 3 nitrogen and oxygen atoms in total. The molecule has 19 heavy (non-hydrogen) atoms. The highest BCUT2D eigenvalue weighted by Gasteiger charge is 2.20. The molecule has 1 aromatic heterocycles. The zero-order chi connectivity index (χ0) is 13.7. The molecule has 0 fully saturated rings. The fourth-order valence-corrected chi connectivity index (χ4v) is 2.79. The number of methoxy groups -OCH3 is 1. The third-order valence-electron chi connectivity index (χ3n) is 2.68. The number of halogens is 1. The maximum absolute atomic E-state index is 11.8. The molecule has 1 heterocycles. The molecule has 0 aliphatic heterocycles. The Hall–Kier alpha value is -1.36. The summed E-state index contributed by atoms with van der Waals surface area (Å²) < 4.78 is 5.58. The maximum atomic E-state index is 11.8. The van der Waals surface area contributed by atoms with Crippen molar-refractivity contribution >= 4 is 28.9 Å². The Balaban J connectivity index is 2.09. The Bertz CT molecular complexity index is 541. The molecule has 0 aliphatic rings. The first-order valence-corrected chi connectivity index (χ1v) is 7.00. The number of carbonyl (C=O) groups is 1. The average molecular weight is 296 g/mol. The van der Waals surface area contributed by atoms with E-state index in [2.05, 4.69) is 5.32 Å². The Labute approximate surface area is 121 Å². The minimum Gasteiger partial charge on any atom is -0.468 e. The summed E-state index contributed by atoms with van der Waals surface area (Å²) in [5, 5.41) is 3.19. The van der Waals surface area contributed by atoms with Crippen molar-refractivity contribution in [3.63, 3.8) is 0 Å². The van der Waals surface area contributed by atoms with Crippen LogP contribution in [0.15, 0.2) is 42.5 Å².